The number of ether oxygens (including phenoxy) is 5. The summed E-state index contributed by atoms with van der Waals surface area (Å²) in [4.78, 5) is 75.9. The molecule has 2 heterocycles. The van der Waals surface area contributed by atoms with Gasteiger partial charge in [0.15, 0.2) is 0 Å². The maximum Gasteiger partial charge on any atom is 0.410 e. The Labute approximate surface area is 310 Å². The molecule has 53 heavy (non-hydrogen) atoms. The fourth-order valence-electron chi connectivity index (χ4n) is 5.74. The average molecular weight is 741 g/mol. The van der Waals surface area contributed by atoms with Crippen LogP contribution in [0.2, 0.25) is 0 Å². The Bertz CT molecular complexity index is 1550. The molecule has 0 radical (unpaired) electrons. The molecule has 2 aliphatic heterocycles. The summed E-state index contributed by atoms with van der Waals surface area (Å²) in [6, 6.07) is 16.8. The van der Waals surface area contributed by atoms with Crippen LogP contribution in [0.3, 0.4) is 0 Å². The third-order valence-electron chi connectivity index (χ3n) is 8.28. The summed E-state index contributed by atoms with van der Waals surface area (Å²) in [5, 5.41) is 9.26. The van der Waals surface area contributed by atoms with E-state index < -0.39 is 71.2 Å². The summed E-state index contributed by atoms with van der Waals surface area (Å²) in [5.41, 5.74) is 0.277. The number of piperidine rings is 2. The number of rotatable bonds is 8. The van der Waals surface area contributed by atoms with E-state index in [0.717, 1.165) is 11.1 Å². The second kappa shape index (κ2) is 19.1. The van der Waals surface area contributed by atoms with E-state index in [0.29, 0.717) is 19.3 Å². The molecule has 0 bridgehead atoms. The number of esters is 3. The van der Waals surface area contributed by atoms with Crippen molar-refractivity contribution < 1.29 is 57.6 Å². The number of methoxy groups -OCH3 is 1. The van der Waals surface area contributed by atoms with E-state index in [1.165, 1.54) is 16.9 Å². The smallest absolute Gasteiger partial charge is 0.410 e. The molecular formula is C39H52N2O12. The van der Waals surface area contributed by atoms with Gasteiger partial charge >= 0.3 is 36.1 Å². The van der Waals surface area contributed by atoms with Crippen LogP contribution in [0.25, 0.3) is 0 Å². The molecule has 290 valence electrons. The number of carboxylic acid groups (broad SMARTS) is 1. The first-order valence-electron chi connectivity index (χ1n) is 17.6. The molecule has 2 aromatic carbocycles. The van der Waals surface area contributed by atoms with Crippen LogP contribution < -0.4 is 0 Å². The van der Waals surface area contributed by atoms with E-state index in [9.17, 15) is 33.9 Å². The Kier molecular flexibility index (Phi) is 15.2. The van der Waals surface area contributed by atoms with Gasteiger partial charge in [-0.15, -0.1) is 0 Å². The second-order valence-electron chi connectivity index (χ2n) is 14.9. The lowest BCUT2D eigenvalue weighted by atomic mass is 9.93. The summed E-state index contributed by atoms with van der Waals surface area (Å²) in [6.45, 7) is 10.6. The van der Waals surface area contributed by atoms with Gasteiger partial charge in [0.25, 0.3) is 0 Å². The minimum Gasteiger partial charge on any atom is -0.481 e. The zero-order chi connectivity index (χ0) is 39.3. The molecule has 2 aliphatic rings. The van der Waals surface area contributed by atoms with Crippen LogP contribution in [-0.2, 0) is 56.1 Å². The Morgan fingerprint density at radius 3 is 1.34 bits per heavy atom. The molecule has 1 N–H and O–H groups in total. The highest BCUT2D eigenvalue weighted by Crippen LogP contribution is 2.28. The Morgan fingerprint density at radius 2 is 0.981 bits per heavy atom. The molecule has 0 saturated carbocycles. The molecule has 4 atom stereocenters. The van der Waals surface area contributed by atoms with Gasteiger partial charge in [-0.1, -0.05) is 60.7 Å². The van der Waals surface area contributed by atoms with Crippen molar-refractivity contribution in [3.05, 3.63) is 71.8 Å². The third-order valence-corrected chi connectivity index (χ3v) is 8.28. The summed E-state index contributed by atoms with van der Waals surface area (Å²) < 4.78 is 26.3. The zero-order valence-electron chi connectivity index (χ0n) is 31.6. The number of carbonyl (C=O) groups excluding carboxylic acids is 5. The SMILES string of the molecule is CC(C)(C)OC(=O)[C@@H]1CC[C@H](C(=O)O)CN1C(=O)OCc1ccccc1.COC(=O)[C@H]1CC[C@@H](C(=O)OC(C)(C)C)N(C(=O)OCc2ccccc2)C1. The summed E-state index contributed by atoms with van der Waals surface area (Å²) in [5.74, 6) is -3.65. The maximum absolute atomic E-state index is 12.7. The second-order valence-corrected chi connectivity index (χ2v) is 14.9. The van der Waals surface area contributed by atoms with Crippen LogP contribution in [0.4, 0.5) is 9.59 Å². The molecule has 2 fully saturated rings. The molecule has 4 rings (SSSR count). The summed E-state index contributed by atoms with van der Waals surface area (Å²) in [6.07, 6.45) is -0.0682. The van der Waals surface area contributed by atoms with Crippen LogP contribution in [0.15, 0.2) is 60.7 Å². The number of hydrogen-bond acceptors (Lipinski definition) is 11. The lowest BCUT2D eigenvalue weighted by Crippen LogP contribution is -2.53. The van der Waals surface area contributed by atoms with E-state index in [-0.39, 0.29) is 32.7 Å². The number of aliphatic carboxylic acids is 1. The fraction of sp³-hybridized carbons (Fsp3) is 0.538. The number of nitrogens with zero attached hydrogens (tertiary/aromatic N) is 2. The highest BCUT2D eigenvalue weighted by Gasteiger charge is 2.42. The molecule has 14 nitrogen and oxygen atoms in total. The third kappa shape index (κ3) is 13.7. The number of likely N-dealkylation sites (tertiary alicyclic amines) is 2. The van der Waals surface area contributed by atoms with Crippen LogP contribution in [0, 0.1) is 11.8 Å². The van der Waals surface area contributed by atoms with E-state index in [2.05, 4.69) is 0 Å². The molecular weight excluding hydrogens is 688 g/mol. The van der Waals surface area contributed by atoms with E-state index >= 15 is 0 Å². The van der Waals surface area contributed by atoms with Gasteiger partial charge in [0, 0.05) is 13.1 Å². The largest absolute Gasteiger partial charge is 0.481 e. The van der Waals surface area contributed by atoms with Gasteiger partial charge in [-0.3, -0.25) is 19.4 Å². The van der Waals surface area contributed by atoms with Crippen LogP contribution in [0.5, 0.6) is 0 Å². The standard InChI is InChI=1S/C20H27NO6.C19H25NO6/c1-20(2,3)27-18(23)16-11-10-15(17(22)25-4)12-21(16)19(24)26-13-14-8-6-5-7-9-14;1-19(2,3)26-17(23)15-10-9-14(16(21)22)11-20(15)18(24)25-12-13-7-5-4-6-8-13/h5-9,15-16H,10-13H2,1-4H3;4-8,14-15H,9-12H2,1-3H3,(H,21,22)/t15-,16-;14-,15-/m00/s1. The molecule has 0 aromatic heterocycles. The summed E-state index contributed by atoms with van der Waals surface area (Å²) in [7, 11) is 1.31. The maximum atomic E-state index is 12.7. The van der Waals surface area contributed by atoms with E-state index in [1.54, 1.807) is 41.5 Å². The Morgan fingerprint density at radius 1 is 0.604 bits per heavy atom. The van der Waals surface area contributed by atoms with Crippen molar-refractivity contribution >= 4 is 36.1 Å². The number of benzene rings is 2. The van der Waals surface area contributed by atoms with Gasteiger partial charge in [0.2, 0.25) is 0 Å². The minimum atomic E-state index is -0.992. The average Bonchev–Trinajstić information content (AvgIpc) is 3.11. The lowest BCUT2D eigenvalue weighted by molar-refractivity contribution is -0.165. The number of hydrogen-bond donors (Lipinski definition) is 1. The van der Waals surface area contributed by atoms with Crippen molar-refractivity contribution in [2.24, 2.45) is 11.8 Å². The van der Waals surface area contributed by atoms with Crippen LogP contribution in [0.1, 0.15) is 78.4 Å². The first-order valence-corrected chi connectivity index (χ1v) is 17.6. The molecule has 0 aliphatic carbocycles. The van der Waals surface area contributed by atoms with Gasteiger partial charge in [-0.2, -0.15) is 0 Å². The normalized spacial score (nSPS) is 20.1. The van der Waals surface area contributed by atoms with Gasteiger partial charge in [0.1, 0.15) is 36.5 Å². The molecule has 2 saturated heterocycles. The molecule has 0 spiro atoms. The number of carbonyl (C=O) groups is 6. The topological polar surface area (TPSA) is 175 Å². The quantitative estimate of drug-likeness (QED) is 0.257. The van der Waals surface area contributed by atoms with Crippen molar-refractivity contribution in [3.8, 4) is 0 Å². The predicted molar refractivity (Wildman–Crippen MR) is 191 cm³/mol. The highest BCUT2D eigenvalue weighted by atomic mass is 16.6. The number of amides is 2. The monoisotopic (exact) mass is 740 g/mol. The molecule has 2 amide bonds. The van der Waals surface area contributed by atoms with Crippen molar-refractivity contribution in [2.45, 2.75) is 104 Å². The van der Waals surface area contributed by atoms with Crippen molar-refractivity contribution in [3.63, 3.8) is 0 Å². The summed E-state index contributed by atoms with van der Waals surface area (Å²) >= 11 is 0. The fourth-order valence-corrected chi connectivity index (χ4v) is 5.74. The van der Waals surface area contributed by atoms with Gasteiger partial charge in [0.05, 0.1) is 18.9 Å². The van der Waals surface area contributed by atoms with Gasteiger partial charge in [-0.05, 0) is 78.4 Å². The van der Waals surface area contributed by atoms with Crippen molar-refractivity contribution in [1.29, 1.82) is 0 Å². The van der Waals surface area contributed by atoms with Crippen molar-refractivity contribution in [2.75, 3.05) is 20.2 Å². The predicted octanol–water partition coefficient (Wildman–Crippen LogP) is 5.75. The van der Waals surface area contributed by atoms with Gasteiger partial charge in [-0.25, -0.2) is 19.2 Å². The Balaban J connectivity index is 0.000000286. The van der Waals surface area contributed by atoms with Crippen LogP contribution >= 0.6 is 0 Å². The molecule has 2 aromatic rings. The lowest BCUT2D eigenvalue weighted by Gasteiger charge is -2.37. The van der Waals surface area contributed by atoms with E-state index in [1.807, 2.05) is 60.7 Å². The Hall–Kier alpha value is -5.14. The van der Waals surface area contributed by atoms with E-state index in [4.69, 9.17) is 23.7 Å². The molecule has 0 unspecified atom stereocenters. The highest BCUT2D eigenvalue weighted by molar-refractivity contribution is 5.84. The number of carboxylic acids is 1. The van der Waals surface area contributed by atoms with Crippen LogP contribution in [-0.4, -0.2) is 94.5 Å². The van der Waals surface area contributed by atoms with Gasteiger partial charge < -0.3 is 28.8 Å². The van der Waals surface area contributed by atoms with Crippen molar-refractivity contribution in [1.82, 2.24) is 9.80 Å². The first-order chi connectivity index (χ1) is 24.9. The molecule has 14 heteroatoms. The minimum absolute atomic E-state index is 0.0505. The first kappa shape index (κ1) is 42.3. The zero-order valence-corrected chi connectivity index (χ0v) is 31.6.